The van der Waals surface area contributed by atoms with Crippen molar-refractivity contribution >= 4 is 21.8 Å². The predicted octanol–water partition coefficient (Wildman–Crippen LogP) is 2.52. The topological polar surface area (TPSA) is 38.3 Å². The number of ether oxygens (including phenoxy) is 1. The van der Waals surface area contributed by atoms with Gasteiger partial charge in [0.05, 0.1) is 12.2 Å². The lowest BCUT2D eigenvalue weighted by Gasteiger charge is -2.10. The number of nitrogens with one attached hydrogen (secondary N) is 1. The quantitative estimate of drug-likeness (QED) is 0.931. The zero-order valence-corrected chi connectivity index (χ0v) is 11.4. The third-order valence-electron chi connectivity index (χ3n) is 2.94. The van der Waals surface area contributed by atoms with E-state index in [9.17, 15) is 4.79 Å². The Balaban J connectivity index is 1.94. The first-order valence-corrected chi connectivity index (χ1v) is 6.58. The van der Waals surface area contributed by atoms with Gasteiger partial charge < -0.3 is 10.1 Å². The van der Waals surface area contributed by atoms with Gasteiger partial charge in [0.2, 0.25) is 0 Å². The van der Waals surface area contributed by atoms with Crippen LogP contribution in [0.3, 0.4) is 0 Å². The van der Waals surface area contributed by atoms with Gasteiger partial charge in [0.15, 0.2) is 0 Å². The number of benzene rings is 1. The van der Waals surface area contributed by atoms with E-state index < -0.39 is 0 Å². The Bertz CT molecular complexity index is 414. The number of carbonyl (C=O) groups excluding carboxylic acids is 1. The minimum Gasteiger partial charge on any atom is -0.381 e. The van der Waals surface area contributed by atoms with E-state index in [0.29, 0.717) is 18.0 Å². The van der Waals surface area contributed by atoms with E-state index in [2.05, 4.69) is 21.2 Å². The monoisotopic (exact) mass is 297 g/mol. The molecule has 1 heterocycles. The van der Waals surface area contributed by atoms with Crippen molar-refractivity contribution in [2.45, 2.75) is 13.3 Å². The van der Waals surface area contributed by atoms with Gasteiger partial charge in [-0.1, -0.05) is 6.07 Å². The van der Waals surface area contributed by atoms with Gasteiger partial charge >= 0.3 is 0 Å². The Morgan fingerprint density at radius 2 is 2.41 bits per heavy atom. The third-order valence-corrected chi connectivity index (χ3v) is 3.60. The summed E-state index contributed by atoms with van der Waals surface area (Å²) in [6.07, 6.45) is 1.04. The minimum absolute atomic E-state index is 0.0243. The van der Waals surface area contributed by atoms with Crippen molar-refractivity contribution in [2.24, 2.45) is 5.92 Å². The average Bonchev–Trinajstić information content (AvgIpc) is 2.78. The van der Waals surface area contributed by atoms with E-state index >= 15 is 0 Å². The van der Waals surface area contributed by atoms with Crippen molar-refractivity contribution in [3.8, 4) is 0 Å². The summed E-state index contributed by atoms with van der Waals surface area (Å²) in [5.74, 6) is 0.437. The lowest BCUT2D eigenvalue weighted by Crippen LogP contribution is -2.29. The second kappa shape index (κ2) is 5.65. The molecule has 2 rings (SSSR count). The molecule has 1 fully saturated rings. The molecule has 0 spiro atoms. The van der Waals surface area contributed by atoms with Gasteiger partial charge in [0, 0.05) is 23.5 Å². The van der Waals surface area contributed by atoms with Gasteiger partial charge in [-0.25, -0.2) is 0 Å². The second-order valence-electron chi connectivity index (χ2n) is 4.42. The molecule has 1 amide bonds. The molecule has 4 heteroatoms. The first-order valence-electron chi connectivity index (χ1n) is 5.79. The largest absolute Gasteiger partial charge is 0.381 e. The van der Waals surface area contributed by atoms with Crippen molar-refractivity contribution in [2.75, 3.05) is 19.8 Å². The summed E-state index contributed by atoms with van der Waals surface area (Å²) in [7, 11) is 0. The predicted molar refractivity (Wildman–Crippen MR) is 70.1 cm³/mol. The van der Waals surface area contributed by atoms with E-state index in [1.165, 1.54) is 0 Å². The van der Waals surface area contributed by atoms with Crippen molar-refractivity contribution in [3.63, 3.8) is 0 Å². The zero-order chi connectivity index (χ0) is 12.3. The SMILES string of the molecule is Cc1ccc(C(=O)NCC2CCOC2)c(Br)c1. The molecule has 0 radical (unpaired) electrons. The van der Waals surface area contributed by atoms with Crippen LogP contribution in [0.4, 0.5) is 0 Å². The Hall–Kier alpha value is -0.870. The Kier molecular flexibility index (Phi) is 4.18. The van der Waals surface area contributed by atoms with Crippen molar-refractivity contribution < 1.29 is 9.53 Å². The van der Waals surface area contributed by atoms with Crippen LogP contribution in [0, 0.1) is 12.8 Å². The lowest BCUT2D eigenvalue weighted by atomic mass is 10.1. The summed E-state index contributed by atoms with van der Waals surface area (Å²) in [4.78, 5) is 12.0. The number of carbonyl (C=O) groups is 1. The molecule has 17 heavy (non-hydrogen) atoms. The van der Waals surface area contributed by atoms with E-state index in [1.807, 2.05) is 25.1 Å². The second-order valence-corrected chi connectivity index (χ2v) is 5.28. The molecule has 1 atom stereocenters. The number of hydrogen-bond acceptors (Lipinski definition) is 2. The van der Waals surface area contributed by atoms with Crippen LogP contribution in [-0.4, -0.2) is 25.7 Å². The number of aryl methyl sites for hydroxylation is 1. The van der Waals surface area contributed by atoms with Gasteiger partial charge in [0.1, 0.15) is 0 Å². The van der Waals surface area contributed by atoms with Crippen LogP contribution in [0.25, 0.3) is 0 Å². The molecule has 1 unspecified atom stereocenters. The normalized spacial score (nSPS) is 19.3. The fourth-order valence-corrected chi connectivity index (χ4v) is 2.55. The number of amides is 1. The standard InChI is InChI=1S/C13H16BrNO2/c1-9-2-3-11(12(14)6-9)13(16)15-7-10-4-5-17-8-10/h2-3,6,10H,4-5,7-8H2,1H3,(H,15,16). The summed E-state index contributed by atoms with van der Waals surface area (Å²) in [6.45, 7) is 4.27. The summed E-state index contributed by atoms with van der Waals surface area (Å²) >= 11 is 3.42. The highest BCUT2D eigenvalue weighted by Crippen LogP contribution is 2.18. The molecule has 1 N–H and O–H groups in total. The van der Waals surface area contributed by atoms with Gasteiger partial charge in [-0.15, -0.1) is 0 Å². The Morgan fingerprint density at radius 1 is 1.59 bits per heavy atom. The highest BCUT2D eigenvalue weighted by atomic mass is 79.9. The lowest BCUT2D eigenvalue weighted by molar-refractivity contribution is 0.0944. The highest BCUT2D eigenvalue weighted by molar-refractivity contribution is 9.10. The third kappa shape index (κ3) is 3.30. The molecule has 1 aromatic rings. The number of halogens is 1. The molecule has 3 nitrogen and oxygen atoms in total. The zero-order valence-electron chi connectivity index (χ0n) is 9.83. The van der Waals surface area contributed by atoms with Crippen molar-refractivity contribution in [1.29, 1.82) is 0 Å². The van der Waals surface area contributed by atoms with E-state index in [1.54, 1.807) is 0 Å². The summed E-state index contributed by atoms with van der Waals surface area (Å²) in [5, 5.41) is 2.95. The first-order chi connectivity index (χ1) is 8.16. The summed E-state index contributed by atoms with van der Waals surface area (Å²) in [5.41, 5.74) is 1.83. The van der Waals surface area contributed by atoms with Crippen molar-refractivity contribution in [3.05, 3.63) is 33.8 Å². The molecule has 1 saturated heterocycles. The molecular formula is C13H16BrNO2. The molecule has 0 aliphatic carbocycles. The van der Waals surface area contributed by atoms with Gasteiger partial charge in [-0.05, 0) is 47.0 Å². The van der Waals surface area contributed by atoms with Crippen LogP contribution in [0.1, 0.15) is 22.3 Å². The van der Waals surface area contributed by atoms with Crippen LogP contribution in [0.2, 0.25) is 0 Å². The highest BCUT2D eigenvalue weighted by Gasteiger charge is 2.17. The van der Waals surface area contributed by atoms with Crippen LogP contribution < -0.4 is 5.32 Å². The maximum absolute atomic E-state index is 12.0. The smallest absolute Gasteiger partial charge is 0.252 e. The van der Waals surface area contributed by atoms with E-state index in [-0.39, 0.29) is 5.91 Å². The van der Waals surface area contributed by atoms with Crippen LogP contribution in [-0.2, 0) is 4.74 Å². The van der Waals surface area contributed by atoms with Crippen LogP contribution >= 0.6 is 15.9 Å². The molecule has 0 bridgehead atoms. The Morgan fingerprint density at radius 3 is 3.06 bits per heavy atom. The average molecular weight is 298 g/mol. The molecule has 1 aliphatic heterocycles. The van der Waals surface area contributed by atoms with Gasteiger partial charge in [-0.3, -0.25) is 4.79 Å². The minimum atomic E-state index is -0.0243. The van der Waals surface area contributed by atoms with Gasteiger partial charge in [0.25, 0.3) is 5.91 Å². The maximum atomic E-state index is 12.0. The molecule has 92 valence electrons. The summed E-state index contributed by atoms with van der Waals surface area (Å²) < 4.78 is 6.12. The van der Waals surface area contributed by atoms with Crippen molar-refractivity contribution in [1.82, 2.24) is 5.32 Å². The molecular weight excluding hydrogens is 282 g/mol. The van der Waals surface area contributed by atoms with E-state index in [4.69, 9.17) is 4.74 Å². The fourth-order valence-electron chi connectivity index (χ4n) is 1.88. The fraction of sp³-hybridized carbons (Fsp3) is 0.462. The molecule has 0 saturated carbocycles. The van der Waals surface area contributed by atoms with Crippen LogP contribution in [0.5, 0.6) is 0 Å². The van der Waals surface area contributed by atoms with Crippen LogP contribution in [0.15, 0.2) is 22.7 Å². The number of hydrogen-bond donors (Lipinski definition) is 1. The first kappa shape index (κ1) is 12.6. The van der Waals surface area contributed by atoms with Gasteiger partial charge in [-0.2, -0.15) is 0 Å². The number of rotatable bonds is 3. The maximum Gasteiger partial charge on any atom is 0.252 e. The molecule has 0 aromatic heterocycles. The molecule has 1 aromatic carbocycles. The molecule has 1 aliphatic rings. The van der Waals surface area contributed by atoms with E-state index in [0.717, 1.165) is 29.7 Å². The Labute approximate surface area is 110 Å². The summed E-state index contributed by atoms with van der Waals surface area (Å²) in [6, 6.07) is 5.74.